The summed E-state index contributed by atoms with van der Waals surface area (Å²) in [6.45, 7) is -0.640. The molecule has 288 valence electrons. The Morgan fingerprint density at radius 2 is 1.14 bits per heavy atom. The van der Waals surface area contributed by atoms with E-state index in [4.69, 9.17) is 29.4 Å². The Labute approximate surface area is 296 Å². The molecule has 0 aliphatic heterocycles. The smallest absolute Gasteiger partial charge is 0.421 e. The van der Waals surface area contributed by atoms with Gasteiger partial charge in [-0.3, -0.25) is 14.4 Å². The van der Waals surface area contributed by atoms with Gasteiger partial charge in [-0.15, -0.1) is 11.8 Å². The summed E-state index contributed by atoms with van der Waals surface area (Å²) < 4.78 is 53.4. The van der Waals surface area contributed by atoms with Crippen LogP contribution in [-0.2, 0) is 48.3 Å². The van der Waals surface area contributed by atoms with Crippen molar-refractivity contribution in [2.45, 2.75) is 25.7 Å². The van der Waals surface area contributed by atoms with Gasteiger partial charge in [0, 0.05) is 39.0 Å². The van der Waals surface area contributed by atoms with Crippen LogP contribution in [0.2, 0.25) is 0 Å². The second kappa shape index (κ2) is 24.7. The zero-order chi connectivity index (χ0) is 37.3. The standard InChI is InChI=1S/C29H48N8O13S/c30-17-24(38)34-19-26(40)35-18-25(39)31-7-8-32-27(41)48-15-13-47-14-16-49-28(42)33-9-11-46-12-10-36-51(44,45)37-29(43)50-20-23-21-5-3-1-2-4-6-22(21)23/h21-23,36H,3-20,30H2,(H,31,39)(H,32,41)(H,33,42)(H,34,38)(H,35,40)(H,37,43)/t21-,22+,23-. The highest BCUT2D eigenvalue weighted by atomic mass is 32.2. The third-order valence-electron chi connectivity index (χ3n) is 7.23. The summed E-state index contributed by atoms with van der Waals surface area (Å²) in [6.07, 6.45) is 1.07. The lowest BCUT2D eigenvalue weighted by Crippen LogP contribution is -2.44. The second-order valence-electron chi connectivity index (χ2n) is 11.0. The van der Waals surface area contributed by atoms with Gasteiger partial charge in [-0.05, 0) is 30.6 Å². The van der Waals surface area contributed by atoms with Crippen molar-refractivity contribution in [1.29, 1.82) is 0 Å². The van der Waals surface area contributed by atoms with E-state index in [-0.39, 0.29) is 98.0 Å². The number of rotatable bonds is 24. The molecule has 2 aliphatic rings. The molecule has 0 aromatic heterocycles. The number of fused-ring (bicyclic) bond motifs is 1. The monoisotopic (exact) mass is 748 g/mol. The van der Waals surface area contributed by atoms with Gasteiger partial charge in [-0.2, -0.15) is 13.1 Å². The van der Waals surface area contributed by atoms with Gasteiger partial charge in [0.15, 0.2) is 0 Å². The molecule has 2 rings (SSSR count). The molecule has 22 heteroatoms. The third-order valence-corrected chi connectivity index (χ3v) is 8.25. The van der Waals surface area contributed by atoms with E-state index >= 15 is 0 Å². The molecule has 0 bridgehead atoms. The highest BCUT2D eigenvalue weighted by Crippen LogP contribution is 2.52. The summed E-state index contributed by atoms with van der Waals surface area (Å²) in [5, 5.41) is 11.9. The lowest BCUT2D eigenvalue weighted by atomic mass is 10.1. The van der Waals surface area contributed by atoms with Crippen LogP contribution < -0.4 is 41.8 Å². The van der Waals surface area contributed by atoms with Crippen molar-refractivity contribution in [2.24, 2.45) is 23.5 Å². The van der Waals surface area contributed by atoms with Crippen LogP contribution in [0.5, 0.6) is 0 Å². The molecule has 21 nitrogen and oxygen atoms in total. The van der Waals surface area contributed by atoms with Gasteiger partial charge < -0.3 is 56.0 Å². The minimum atomic E-state index is -4.13. The van der Waals surface area contributed by atoms with E-state index in [0.29, 0.717) is 11.8 Å². The van der Waals surface area contributed by atoms with E-state index in [1.54, 1.807) is 0 Å². The van der Waals surface area contributed by atoms with Crippen molar-refractivity contribution in [3.63, 3.8) is 0 Å². The minimum absolute atomic E-state index is 0.0219. The number of hydrogen-bond donors (Lipinski definition) is 8. The van der Waals surface area contributed by atoms with Crippen molar-refractivity contribution in [1.82, 2.24) is 36.0 Å². The number of nitrogens with two attached hydrogens (primary N) is 1. The van der Waals surface area contributed by atoms with E-state index in [9.17, 15) is 37.2 Å². The number of carbonyl (C=O) groups is 6. The van der Waals surface area contributed by atoms with E-state index in [2.05, 4.69) is 43.1 Å². The minimum Gasteiger partial charge on any atom is -0.449 e. The normalized spacial score (nSPS) is 17.4. The first-order valence-corrected chi connectivity index (χ1v) is 17.9. The summed E-state index contributed by atoms with van der Waals surface area (Å²) >= 11 is 0. The van der Waals surface area contributed by atoms with Crippen molar-refractivity contribution in [3.05, 3.63) is 0 Å². The Hall–Kier alpha value is -4.43. The highest BCUT2D eigenvalue weighted by molar-refractivity contribution is 7.88. The van der Waals surface area contributed by atoms with Gasteiger partial charge in [0.05, 0.1) is 52.7 Å². The molecule has 0 spiro atoms. The summed E-state index contributed by atoms with van der Waals surface area (Å²) in [5.74, 6) is 5.81. The Morgan fingerprint density at radius 3 is 1.76 bits per heavy atom. The number of ether oxygens (including phenoxy) is 5. The quantitative estimate of drug-likeness (QED) is 0.0274. The molecule has 0 aromatic rings. The fraction of sp³-hybridized carbons (Fsp3) is 0.724. The first-order chi connectivity index (χ1) is 24.5. The Morgan fingerprint density at radius 1 is 0.608 bits per heavy atom. The van der Waals surface area contributed by atoms with Gasteiger partial charge in [-0.25, -0.2) is 19.1 Å². The molecule has 3 atom stereocenters. The number of alkyl carbamates (subject to hydrolysis) is 2. The summed E-state index contributed by atoms with van der Waals surface area (Å²) in [6, 6.07) is 0. The molecular formula is C29H48N8O13S. The van der Waals surface area contributed by atoms with E-state index in [1.807, 2.05) is 4.72 Å². The zero-order valence-corrected chi connectivity index (χ0v) is 29.1. The van der Waals surface area contributed by atoms with Crippen molar-refractivity contribution < 1.29 is 60.9 Å². The SMILES string of the molecule is NCC(=O)NCC(=O)NCC(=O)NCCNC(=O)OCCOCCOC(=O)NCCOCCNS(=O)(=O)NC(=O)OC[C@@H]1[C@@H]2CCC#CCC[C@@H]21. The largest absolute Gasteiger partial charge is 0.449 e. The maximum absolute atomic E-state index is 12.0. The van der Waals surface area contributed by atoms with E-state index in [1.165, 1.54) is 0 Å². The Kier molecular flexibility index (Phi) is 20.7. The number of hydrogen-bond acceptors (Lipinski definition) is 14. The van der Waals surface area contributed by atoms with Gasteiger partial charge in [0.2, 0.25) is 17.7 Å². The third kappa shape index (κ3) is 20.7. The van der Waals surface area contributed by atoms with Gasteiger partial charge in [0.1, 0.15) is 13.2 Å². The van der Waals surface area contributed by atoms with Crippen molar-refractivity contribution in [3.8, 4) is 11.8 Å². The predicted octanol–water partition coefficient (Wildman–Crippen LogP) is -3.22. The van der Waals surface area contributed by atoms with Crippen LogP contribution in [0, 0.1) is 29.6 Å². The zero-order valence-electron chi connectivity index (χ0n) is 28.3. The van der Waals surface area contributed by atoms with Crippen LogP contribution in [0.3, 0.4) is 0 Å². The predicted molar refractivity (Wildman–Crippen MR) is 177 cm³/mol. The molecule has 1 saturated carbocycles. The van der Waals surface area contributed by atoms with Crippen molar-refractivity contribution >= 4 is 46.2 Å². The number of amides is 6. The maximum Gasteiger partial charge on any atom is 0.421 e. The molecule has 0 unspecified atom stereocenters. The molecule has 1 fully saturated rings. The summed E-state index contributed by atoms with van der Waals surface area (Å²) in [4.78, 5) is 69.4. The average molecular weight is 749 g/mol. The topological polar surface area (TPSA) is 293 Å². The first-order valence-electron chi connectivity index (χ1n) is 16.4. The lowest BCUT2D eigenvalue weighted by Gasteiger charge is -2.10. The highest BCUT2D eigenvalue weighted by Gasteiger charge is 2.49. The van der Waals surface area contributed by atoms with Crippen LogP contribution in [0.4, 0.5) is 14.4 Å². The van der Waals surface area contributed by atoms with Crippen LogP contribution in [0.15, 0.2) is 0 Å². The maximum atomic E-state index is 12.0. The van der Waals surface area contributed by atoms with E-state index in [0.717, 1.165) is 25.7 Å². The van der Waals surface area contributed by atoms with Crippen LogP contribution in [-0.4, -0.2) is 136 Å². The molecule has 2 aliphatic carbocycles. The van der Waals surface area contributed by atoms with Crippen LogP contribution in [0.25, 0.3) is 0 Å². The molecular weight excluding hydrogens is 700 g/mol. The average Bonchev–Trinajstić information content (AvgIpc) is 3.74. The fourth-order valence-corrected chi connectivity index (χ4v) is 5.42. The number of carbonyl (C=O) groups excluding carboxylic acids is 6. The molecule has 0 saturated heterocycles. The molecule has 6 amide bonds. The van der Waals surface area contributed by atoms with E-state index < -0.39 is 46.2 Å². The molecule has 0 heterocycles. The van der Waals surface area contributed by atoms with Gasteiger partial charge in [0.25, 0.3) is 0 Å². The molecule has 51 heavy (non-hydrogen) atoms. The fourth-order valence-electron chi connectivity index (χ4n) is 4.72. The molecule has 0 radical (unpaired) electrons. The van der Waals surface area contributed by atoms with Gasteiger partial charge in [-0.1, -0.05) is 0 Å². The van der Waals surface area contributed by atoms with Crippen molar-refractivity contribution in [2.75, 3.05) is 92.1 Å². The molecule has 9 N–H and O–H groups in total. The summed E-state index contributed by atoms with van der Waals surface area (Å²) in [5.41, 5.74) is 5.10. The number of nitrogens with one attached hydrogen (secondary N) is 7. The lowest BCUT2D eigenvalue weighted by molar-refractivity contribution is -0.127. The van der Waals surface area contributed by atoms with Gasteiger partial charge >= 0.3 is 28.5 Å². The molecule has 0 aromatic carbocycles. The first kappa shape index (κ1) is 42.7. The Bertz CT molecular complexity index is 1310. The van der Waals surface area contributed by atoms with Crippen LogP contribution >= 0.6 is 0 Å². The Balaban J connectivity index is 1.34. The summed E-state index contributed by atoms with van der Waals surface area (Å²) in [7, 11) is -4.13. The second-order valence-corrected chi connectivity index (χ2v) is 12.5. The van der Waals surface area contributed by atoms with Crippen LogP contribution in [0.1, 0.15) is 25.7 Å².